The number of likely N-dealkylation sites (tertiary alicyclic amines) is 1. The highest BCUT2D eigenvalue weighted by molar-refractivity contribution is 5.87. The Morgan fingerprint density at radius 1 is 1.16 bits per heavy atom. The molecule has 172 valence electrons. The molecule has 0 radical (unpaired) electrons. The van der Waals surface area contributed by atoms with E-state index in [1.54, 1.807) is 11.1 Å². The Kier molecular flexibility index (Phi) is 7.38. The summed E-state index contributed by atoms with van der Waals surface area (Å²) in [5.41, 5.74) is 1.29. The van der Waals surface area contributed by atoms with Gasteiger partial charge in [-0.25, -0.2) is 14.6 Å². The molecule has 2 aromatic rings. The minimum atomic E-state index is -0.589. The van der Waals surface area contributed by atoms with Gasteiger partial charge in [0.2, 0.25) is 0 Å². The van der Waals surface area contributed by atoms with Crippen LogP contribution in [0.1, 0.15) is 64.6 Å². The highest BCUT2D eigenvalue weighted by atomic mass is 16.6. The fourth-order valence-corrected chi connectivity index (χ4v) is 3.75. The van der Waals surface area contributed by atoms with Gasteiger partial charge < -0.3 is 14.4 Å². The van der Waals surface area contributed by atoms with Gasteiger partial charge in [0.1, 0.15) is 18.0 Å². The molecule has 1 saturated heterocycles. The van der Waals surface area contributed by atoms with Gasteiger partial charge >= 0.3 is 12.2 Å². The number of pyridine rings is 1. The molecule has 0 saturated carbocycles. The lowest BCUT2D eigenvalue weighted by Gasteiger charge is -2.30. The zero-order valence-corrected chi connectivity index (χ0v) is 19.6. The van der Waals surface area contributed by atoms with Crippen LogP contribution in [-0.2, 0) is 16.1 Å². The van der Waals surface area contributed by atoms with Gasteiger partial charge in [0.05, 0.1) is 6.04 Å². The van der Waals surface area contributed by atoms with Gasteiger partial charge in [0.25, 0.3) is 0 Å². The van der Waals surface area contributed by atoms with Crippen molar-refractivity contribution in [3.05, 3.63) is 59.8 Å². The third-order valence-electron chi connectivity index (χ3n) is 5.20. The molecule has 0 unspecified atom stereocenters. The Hall–Kier alpha value is -3.09. The van der Waals surface area contributed by atoms with E-state index in [0.717, 1.165) is 24.0 Å². The molecule has 3 rings (SSSR count). The van der Waals surface area contributed by atoms with Gasteiger partial charge in [-0.2, -0.15) is 0 Å². The number of hydrogen-bond acceptors (Lipinski definition) is 5. The minimum Gasteiger partial charge on any atom is -0.445 e. The van der Waals surface area contributed by atoms with Crippen molar-refractivity contribution in [3.8, 4) is 0 Å². The molecule has 7 heteroatoms. The summed E-state index contributed by atoms with van der Waals surface area (Å²) in [6.07, 6.45) is 2.74. The second-order valence-corrected chi connectivity index (χ2v) is 9.29. The third-order valence-corrected chi connectivity index (χ3v) is 5.20. The van der Waals surface area contributed by atoms with Crippen LogP contribution >= 0.6 is 0 Å². The zero-order valence-electron chi connectivity index (χ0n) is 19.6. The molecule has 1 atom stereocenters. The van der Waals surface area contributed by atoms with Crippen LogP contribution in [0.3, 0.4) is 0 Å². The Balaban J connectivity index is 1.69. The molecule has 1 aliphatic rings. The summed E-state index contributed by atoms with van der Waals surface area (Å²) in [4.78, 5) is 33.2. The largest absolute Gasteiger partial charge is 0.445 e. The van der Waals surface area contributed by atoms with Crippen LogP contribution < -0.4 is 4.90 Å². The smallest absolute Gasteiger partial charge is 0.416 e. The van der Waals surface area contributed by atoms with E-state index < -0.39 is 11.7 Å². The summed E-state index contributed by atoms with van der Waals surface area (Å²) in [7, 11) is 0. The maximum atomic E-state index is 12.7. The highest BCUT2D eigenvalue weighted by Crippen LogP contribution is 2.33. The van der Waals surface area contributed by atoms with Crippen molar-refractivity contribution < 1.29 is 19.1 Å². The van der Waals surface area contributed by atoms with E-state index in [1.807, 2.05) is 77.1 Å². The predicted octanol–water partition coefficient (Wildman–Crippen LogP) is 5.71. The topological polar surface area (TPSA) is 72.0 Å². The number of carbonyl (C=O) groups excluding carboxylic acids is 2. The van der Waals surface area contributed by atoms with Gasteiger partial charge in [-0.05, 0) is 64.7 Å². The molecule has 0 spiro atoms. The predicted molar refractivity (Wildman–Crippen MR) is 123 cm³/mol. The molecule has 1 fully saturated rings. The summed E-state index contributed by atoms with van der Waals surface area (Å²) in [5, 5.41) is 0. The first kappa shape index (κ1) is 23.6. The summed E-state index contributed by atoms with van der Waals surface area (Å²) >= 11 is 0. The van der Waals surface area contributed by atoms with Crippen LogP contribution in [0, 0.1) is 0 Å². The molecule has 2 amide bonds. The Bertz CT molecular complexity index is 907. The zero-order chi connectivity index (χ0) is 23.3. The molecule has 2 heterocycles. The lowest BCUT2D eigenvalue weighted by molar-refractivity contribution is 0.0569. The third kappa shape index (κ3) is 5.99. The van der Waals surface area contributed by atoms with Gasteiger partial charge in [-0.3, -0.25) is 4.90 Å². The number of ether oxygens (including phenoxy) is 2. The lowest BCUT2D eigenvalue weighted by atomic mass is 10.1. The first-order valence-electron chi connectivity index (χ1n) is 11.1. The van der Waals surface area contributed by atoms with Crippen molar-refractivity contribution in [1.82, 2.24) is 9.88 Å². The number of aromatic nitrogens is 1. The van der Waals surface area contributed by atoms with Crippen molar-refractivity contribution in [2.45, 2.75) is 71.8 Å². The summed E-state index contributed by atoms with van der Waals surface area (Å²) < 4.78 is 11.1. The number of anilines is 1. The number of nitrogens with zero attached hydrogens (tertiary/aromatic N) is 3. The number of hydrogen-bond donors (Lipinski definition) is 0. The maximum absolute atomic E-state index is 12.7. The molecule has 0 aliphatic carbocycles. The first-order valence-corrected chi connectivity index (χ1v) is 11.1. The SMILES string of the molecule is CC(C)N(C(=O)OC(C)(C)C)c1ccc([C@@H]2CCCN2C(=O)OCc2ccccc2)cn1. The van der Waals surface area contributed by atoms with Gasteiger partial charge in [-0.15, -0.1) is 0 Å². The van der Waals surface area contributed by atoms with E-state index in [4.69, 9.17) is 9.47 Å². The van der Waals surface area contributed by atoms with Crippen molar-refractivity contribution in [3.63, 3.8) is 0 Å². The van der Waals surface area contributed by atoms with E-state index in [1.165, 1.54) is 4.90 Å². The first-order chi connectivity index (χ1) is 15.2. The second kappa shape index (κ2) is 10.0. The van der Waals surface area contributed by atoms with Crippen LogP contribution in [0.5, 0.6) is 0 Å². The van der Waals surface area contributed by atoms with Crippen molar-refractivity contribution >= 4 is 18.0 Å². The van der Waals surface area contributed by atoms with E-state index in [2.05, 4.69) is 4.98 Å². The van der Waals surface area contributed by atoms with Gasteiger partial charge in [-0.1, -0.05) is 36.4 Å². The average Bonchev–Trinajstić information content (AvgIpc) is 3.22. The van der Waals surface area contributed by atoms with Crippen molar-refractivity contribution in [2.75, 3.05) is 11.4 Å². The quantitative estimate of drug-likeness (QED) is 0.597. The van der Waals surface area contributed by atoms with Crippen LogP contribution in [0.4, 0.5) is 15.4 Å². The Morgan fingerprint density at radius 3 is 2.47 bits per heavy atom. The minimum absolute atomic E-state index is 0.0890. The van der Waals surface area contributed by atoms with Gasteiger partial charge in [0, 0.05) is 18.8 Å². The molecule has 0 N–H and O–H groups in total. The average molecular weight is 440 g/mol. The van der Waals surface area contributed by atoms with Crippen LogP contribution in [0.2, 0.25) is 0 Å². The Labute approximate surface area is 190 Å². The van der Waals surface area contributed by atoms with Gasteiger partial charge in [0.15, 0.2) is 0 Å². The van der Waals surface area contributed by atoms with Crippen molar-refractivity contribution in [2.24, 2.45) is 0 Å². The molecular weight excluding hydrogens is 406 g/mol. The summed E-state index contributed by atoms with van der Waals surface area (Å²) in [6, 6.07) is 13.2. The second-order valence-electron chi connectivity index (χ2n) is 9.29. The normalized spacial score (nSPS) is 16.2. The fraction of sp³-hybridized carbons (Fsp3) is 0.480. The standard InChI is InChI=1S/C25H33N3O4/c1-18(2)28(24(30)32-25(3,4)5)22-14-13-20(16-26-22)21-12-9-15-27(21)23(29)31-17-19-10-7-6-8-11-19/h6-8,10-11,13-14,16,18,21H,9,12,15,17H2,1-5H3/t21-/m0/s1. The number of benzene rings is 1. The van der Waals surface area contributed by atoms with E-state index in [-0.39, 0.29) is 24.8 Å². The maximum Gasteiger partial charge on any atom is 0.416 e. The number of amides is 2. The molecule has 1 aliphatic heterocycles. The van der Waals surface area contributed by atoms with Crippen LogP contribution in [0.15, 0.2) is 48.7 Å². The van der Waals surface area contributed by atoms with E-state index in [0.29, 0.717) is 12.4 Å². The molecule has 7 nitrogen and oxygen atoms in total. The van der Waals surface area contributed by atoms with Crippen molar-refractivity contribution in [1.29, 1.82) is 0 Å². The molecule has 1 aromatic heterocycles. The molecule has 0 bridgehead atoms. The molecule has 32 heavy (non-hydrogen) atoms. The fourth-order valence-electron chi connectivity index (χ4n) is 3.75. The van der Waals surface area contributed by atoms with E-state index >= 15 is 0 Å². The summed E-state index contributed by atoms with van der Waals surface area (Å²) in [5.74, 6) is 0.522. The number of carbonyl (C=O) groups is 2. The van der Waals surface area contributed by atoms with Crippen LogP contribution in [0.25, 0.3) is 0 Å². The van der Waals surface area contributed by atoms with Crippen LogP contribution in [-0.4, -0.2) is 40.3 Å². The summed E-state index contributed by atoms with van der Waals surface area (Å²) in [6.45, 7) is 10.2. The Morgan fingerprint density at radius 2 is 1.88 bits per heavy atom. The lowest BCUT2D eigenvalue weighted by Crippen LogP contribution is -2.41. The van der Waals surface area contributed by atoms with E-state index in [9.17, 15) is 9.59 Å². The highest BCUT2D eigenvalue weighted by Gasteiger charge is 2.32. The molecular formula is C25H33N3O4. The number of rotatable bonds is 5. The molecule has 1 aromatic carbocycles. The monoisotopic (exact) mass is 439 g/mol.